The van der Waals surface area contributed by atoms with Crippen LogP contribution < -0.4 is 11.1 Å². The van der Waals surface area contributed by atoms with Crippen molar-refractivity contribution >= 4 is 57.9 Å². The molecule has 1 aromatic carbocycles. The molecule has 1 saturated carbocycles. The molecule has 2 fully saturated rings. The lowest BCUT2D eigenvalue weighted by Crippen LogP contribution is -2.64. The van der Waals surface area contributed by atoms with Gasteiger partial charge in [0.15, 0.2) is 5.01 Å². The van der Waals surface area contributed by atoms with Crippen LogP contribution in [-0.4, -0.2) is 64.4 Å². The number of Topliss-reactive ketones (excluding diaryl/α,β-unsaturated/α-hetero) is 1. The fourth-order valence-corrected chi connectivity index (χ4v) is 5.73. The number of rotatable bonds is 6. The Morgan fingerprint density at radius 2 is 2.09 bits per heavy atom. The summed E-state index contributed by atoms with van der Waals surface area (Å²) in [6.45, 7) is 3.85. The average Bonchev–Trinajstić information content (AvgIpc) is 3.47. The summed E-state index contributed by atoms with van der Waals surface area (Å²) < 4.78 is 5.39. The summed E-state index contributed by atoms with van der Waals surface area (Å²) in [6.07, 6.45) is 2.89. The second kappa shape index (κ2) is 10.9. The van der Waals surface area contributed by atoms with E-state index in [-0.39, 0.29) is 24.1 Å². The van der Waals surface area contributed by atoms with E-state index in [1.54, 1.807) is 12.1 Å². The predicted molar refractivity (Wildman–Crippen MR) is 140 cm³/mol. The molecule has 0 spiro atoms. The van der Waals surface area contributed by atoms with Crippen molar-refractivity contribution in [3.63, 3.8) is 0 Å². The van der Waals surface area contributed by atoms with E-state index < -0.39 is 11.6 Å². The zero-order valence-corrected chi connectivity index (χ0v) is 21.6. The lowest BCUT2D eigenvalue weighted by Gasteiger charge is -2.39. The Morgan fingerprint density at radius 1 is 1.29 bits per heavy atom. The number of amides is 1. The molecule has 4 N–H and O–H groups in total. The third-order valence-corrected chi connectivity index (χ3v) is 7.87. The Labute approximate surface area is 219 Å². The van der Waals surface area contributed by atoms with Crippen LogP contribution in [0.15, 0.2) is 29.6 Å². The first kappa shape index (κ1) is 26.1. The number of benzene rings is 1. The number of morpholine rings is 1. The number of hydrogen-bond acceptors (Lipinski definition) is 7. The highest BCUT2D eigenvalue weighted by atomic mass is 35.5. The molecular formula is C24H29Cl2N5O3S. The molecule has 11 heteroatoms. The van der Waals surface area contributed by atoms with Crippen LogP contribution >= 0.6 is 35.3 Å². The SMILES string of the molecule is Cl.NC1(C(=O)c2cc3cc(Cl)ccc3[nH]2)CCCCC1NC(=O)c1nc(CN2CCOCC2)cs1. The van der Waals surface area contributed by atoms with Gasteiger partial charge >= 0.3 is 0 Å². The van der Waals surface area contributed by atoms with Crippen LogP contribution in [0, 0.1) is 0 Å². The first-order valence-corrected chi connectivity index (χ1v) is 12.9. The molecule has 5 rings (SSSR count). The zero-order chi connectivity index (χ0) is 23.7. The van der Waals surface area contributed by atoms with E-state index in [0.29, 0.717) is 35.1 Å². The summed E-state index contributed by atoms with van der Waals surface area (Å²) in [5.74, 6) is -0.479. The molecule has 0 radical (unpaired) electrons. The van der Waals surface area contributed by atoms with Gasteiger partial charge in [0.05, 0.1) is 30.6 Å². The Hall–Kier alpha value is -2.01. The van der Waals surface area contributed by atoms with Crippen LogP contribution in [0.25, 0.3) is 10.9 Å². The van der Waals surface area contributed by atoms with Gasteiger partial charge in [-0.2, -0.15) is 0 Å². The van der Waals surface area contributed by atoms with Gasteiger partial charge in [-0.3, -0.25) is 14.5 Å². The third-order valence-electron chi connectivity index (χ3n) is 6.75. The quantitative estimate of drug-likeness (QED) is 0.412. The standard InChI is InChI=1S/C24H28ClN5O3S.ClH/c25-16-4-5-18-15(11-16)12-19(28-18)21(31)24(26)6-2-1-3-20(24)29-22(32)23-27-17(14-34-23)13-30-7-9-33-10-8-30;/h4-5,11-12,14,20,28H,1-3,6-10,13,26H2,(H,29,32);1H. The number of hydrogen-bond donors (Lipinski definition) is 3. The highest BCUT2D eigenvalue weighted by molar-refractivity contribution is 7.11. The topological polar surface area (TPSA) is 113 Å². The summed E-state index contributed by atoms with van der Waals surface area (Å²) in [5, 5.41) is 6.80. The van der Waals surface area contributed by atoms with Crippen molar-refractivity contribution in [2.75, 3.05) is 26.3 Å². The summed E-state index contributed by atoms with van der Waals surface area (Å²) in [6, 6.07) is 6.74. The molecule has 8 nitrogen and oxygen atoms in total. The van der Waals surface area contributed by atoms with Gasteiger partial charge in [0, 0.05) is 40.9 Å². The molecule has 2 aromatic heterocycles. The van der Waals surface area contributed by atoms with E-state index in [1.165, 1.54) is 11.3 Å². The second-order valence-corrected chi connectivity index (χ2v) is 10.4. The lowest BCUT2D eigenvalue weighted by atomic mass is 9.74. The summed E-state index contributed by atoms with van der Waals surface area (Å²) >= 11 is 7.41. The Balaban J connectivity index is 0.00000289. The minimum atomic E-state index is -1.19. The van der Waals surface area contributed by atoms with E-state index in [1.807, 2.05) is 17.5 Å². The van der Waals surface area contributed by atoms with Crippen molar-refractivity contribution in [1.82, 2.24) is 20.2 Å². The maximum Gasteiger partial charge on any atom is 0.280 e. The molecule has 3 heterocycles. The molecule has 35 heavy (non-hydrogen) atoms. The number of ketones is 1. The predicted octanol–water partition coefficient (Wildman–Crippen LogP) is 3.78. The van der Waals surface area contributed by atoms with E-state index in [4.69, 9.17) is 22.1 Å². The first-order chi connectivity index (χ1) is 16.4. The maximum absolute atomic E-state index is 13.6. The summed E-state index contributed by atoms with van der Waals surface area (Å²) in [4.78, 5) is 36.6. The second-order valence-electron chi connectivity index (χ2n) is 9.09. The molecule has 1 saturated heterocycles. The van der Waals surface area contributed by atoms with Gasteiger partial charge in [0.25, 0.3) is 5.91 Å². The molecule has 2 unspecified atom stereocenters. The lowest BCUT2D eigenvalue weighted by molar-refractivity contribution is 0.0337. The van der Waals surface area contributed by atoms with Gasteiger partial charge in [-0.15, -0.1) is 23.7 Å². The van der Waals surface area contributed by atoms with Gasteiger partial charge < -0.3 is 20.8 Å². The van der Waals surface area contributed by atoms with Crippen molar-refractivity contribution in [3.05, 3.63) is 51.1 Å². The number of carbonyl (C=O) groups excluding carboxylic acids is 2. The largest absolute Gasteiger partial charge is 0.379 e. The summed E-state index contributed by atoms with van der Waals surface area (Å²) in [7, 11) is 0. The molecule has 1 aliphatic heterocycles. The van der Waals surface area contributed by atoms with Crippen molar-refractivity contribution in [3.8, 4) is 0 Å². The van der Waals surface area contributed by atoms with Crippen LogP contribution in [-0.2, 0) is 11.3 Å². The molecular weight excluding hydrogens is 509 g/mol. The number of ether oxygens (including phenoxy) is 1. The molecule has 0 bridgehead atoms. The van der Waals surface area contributed by atoms with E-state index in [2.05, 4.69) is 20.2 Å². The number of nitrogens with two attached hydrogens (primary N) is 1. The highest BCUT2D eigenvalue weighted by Crippen LogP contribution is 2.31. The fraction of sp³-hybridized carbons (Fsp3) is 0.458. The molecule has 2 aliphatic rings. The van der Waals surface area contributed by atoms with E-state index in [0.717, 1.165) is 55.7 Å². The van der Waals surface area contributed by atoms with Crippen LogP contribution in [0.2, 0.25) is 5.02 Å². The van der Waals surface area contributed by atoms with Crippen molar-refractivity contribution in [1.29, 1.82) is 0 Å². The number of nitrogens with one attached hydrogen (secondary N) is 2. The minimum absolute atomic E-state index is 0. The van der Waals surface area contributed by atoms with Crippen molar-refractivity contribution < 1.29 is 14.3 Å². The van der Waals surface area contributed by atoms with Gasteiger partial charge in [-0.05, 0) is 37.1 Å². The van der Waals surface area contributed by atoms with Crippen LogP contribution in [0.1, 0.15) is 51.7 Å². The number of nitrogens with zero attached hydrogens (tertiary/aromatic N) is 2. The smallest absolute Gasteiger partial charge is 0.280 e. The van der Waals surface area contributed by atoms with Crippen molar-refractivity contribution in [2.45, 2.75) is 43.8 Å². The zero-order valence-electron chi connectivity index (χ0n) is 19.2. The van der Waals surface area contributed by atoms with Gasteiger partial charge in [0.2, 0.25) is 5.78 Å². The van der Waals surface area contributed by atoms with Gasteiger partial charge in [-0.1, -0.05) is 24.4 Å². The average molecular weight is 539 g/mol. The van der Waals surface area contributed by atoms with E-state index in [9.17, 15) is 9.59 Å². The number of fused-ring (bicyclic) bond motifs is 1. The molecule has 2 atom stereocenters. The number of halogens is 2. The maximum atomic E-state index is 13.6. The fourth-order valence-electron chi connectivity index (χ4n) is 4.84. The Kier molecular flexibility index (Phi) is 8.15. The molecule has 188 valence electrons. The minimum Gasteiger partial charge on any atom is -0.379 e. The number of H-pyrrole nitrogens is 1. The molecule has 1 amide bonds. The first-order valence-electron chi connectivity index (χ1n) is 11.6. The van der Waals surface area contributed by atoms with Gasteiger partial charge in [0.1, 0.15) is 5.54 Å². The Bertz CT molecular complexity index is 1210. The Morgan fingerprint density at radius 3 is 2.89 bits per heavy atom. The molecule has 3 aromatic rings. The highest BCUT2D eigenvalue weighted by Gasteiger charge is 2.45. The summed E-state index contributed by atoms with van der Waals surface area (Å²) in [5.41, 5.74) is 7.68. The molecule has 1 aliphatic carbocycles. The normalized spacial score (nSPS) is 23.1. The third kappa shape index (κ3) is 5.55. The number of aromatic amines is 1. The van der Waals surface area contributed by atoms with Crippen LogP contribution in [0.4, 0.5) is 0 Å². The van der Waals surface area contributed by atoms with Crippen molar-refractivity contribution in [2.24, 2.45) is 5.73 Å². The number of aromatic nitrogens is 2. The van der Waals surface area contributed by atoms with Crippen LogP contribution in [0.3, 0.4) is 0 Å². The van der Waals surface area contributed by atoms with E-state index >= 15 is 0 Å². The number of carbonyl (C=O) groups is 2. The monoisotopic (exact) mass is 537 g/mol. The number of thiazole rings is 1. The van der Waals surface area contributed by atoms with Gasteiger partial charge in [-0.25, -0.2) is 4.98 Å². The van der Waals surface area contributed by atoms with Crippen LogP contribution in [0.5, 0.6) is 0 Å².